The number of rotatable bonds is 6. The van der Waals surface area contributed by atoms with Crippen molar-refractivity contribution in [1.29, 1.82) is 0 Å². The molecule has 0 aliphatic carbocycles. The van der Waals surface area contributed by atoms with Crippen LogP contribution in [-0.2, 0) is 16.0 Å². The van der Waals surface area contributed by atoms with Crippen molar-refractivity contribution in [1.82, 2.24) is 5.32 Å². The standard InChI is InChI=1S/C14H18BrNO3/c1-9-7-11(3-5-12(9)15)4-6-13(17)16-10(2)8-14(18)19/h3,5,7,10H,4,6,8H2,1-2H3,(H,16,17)(H,18,19). The maximum Gasteiger partial charge on any atom is 0.305 e. The molecule has 5 heteroatoms. The first-order chi connectivity index (χ1) is 8.88. The van der Waals surface area contributed by atoms with Gasteiger partial charge in [-0.25, -0.2) is 0 Å². The molecular formula is C14H18BrNO3. The van der Waals surface area contributed by atoms with Crippen LogP contribution in [0.3, 0.4) is 0 Å². The quantitative estimate of drug-likeness (QED) is 0.844. The number of aryl methyl sites for hydroxylation is 2. The highest BCUT2D eigenvalue weighted by Gasteiger charge is 2.10. The van der Waals surface area contributed by atoms with Gasteiger partial charge in [0, 0.05) is 16.9 Å². The van der Waals surface area contributed by atoms with E-state index in [1.54, 1.807) is 6.92 Å². The molecule has 0 fully saturated rings. The number of nitrogens with one attached hydrogen (secondary N) is 1. The molecule has 1 aromatic carbocycles. The summed E-state index contributed by atoms with van der Waals surface area (Å²) in [4.78, 5) is 22.1. The van der Waals surface area contributed by atoms with Gasteiger partial charge in [-0.15, -0.1) is 0 Å². The molecule has 0 radical (unpaired) electrons. The number of carboxylic acids is 1. The van der Waals surface area contributed by atoms with Crippen molar-refractivity contribution < 1.29 is 14.7 Å². The van der Waals surface area contributed by atoms with Crippen molar-refractivity contribution in [2.45, 2.75) is 39.2 Å². The first-order valence-electron chi connectivity index (χ1n) is 6.14. The second-order valence-corrected chi connectivity index (χ2v) is 5.50. The Labute approximate surface area is 121 Å². The van der Waals surface area contributed by atoms with Crippen molar-refractivity contribution in [2.75, 3.05) is 0 Å². The van der Waals surface area contributed by atoms with Crippen molar-refractivity contribution in [3.05, 3.63) is 33.8 Å². The zero-order valence-corrected chi connectivity index (χ0v) is 12.7. The van der Waals surface area contributed by atoms with E-state index in [1.165, 1.54) is 0 Å². The van der Waals surface area contributed by atoms with E-state index in [-0.39, 0.29) is 18.4 Å². The highest BCUT2D eigenvalue weighted by atomic mass is 79.9. The van der Waals surface area contributed by atoms with Gasteiger partial charge in [0.05, 0.1) is 6.42 Å². The zero-order chi connectivity index (χ0) is 14.4. The molecule has 0 saturated carbocycles. The van der Waals surface area contributed by atoms with Crippen LogP contribution in [0.1, 0.15) is 30.9 Å². The molecule has 1 atom stereocenters. The van der Waals surface area contributed by atoms with Crippen LogP contribution in [0.5, 0.6) is 0 Å². The topological polar surface area (TPSA) is 66.4 Å². The highest BCUT2D eigenvalue weighted by molar-refractivity contribution is 9.10. The third-order valence-corrected chi connectivity index (χ3v) is 3.64. The number of halogens is 1. The second-order valence-electron chi connectivity index (χ2n) is 4.65. The molecule has 1 amide bonds. The minimum Gasteiger partial charge on any atom is -0.481 e. The molecule has 19 heavy (non-hydrogen) atoms. The minimum absolute atomic E-state index is 0.0524. The average Bonchev–Trinajstić information content (AvgIpc) is 2.29. The maximum absolute atomic E-state index is 11.6. The lowest BCUT2D eigenvalue weighted by Gasteiger charge is -2.11. The van der Waals surface area contributed by atoms with Gasteiger partial charge in [0.2, 0.25) is 5.91 Å². The van der Waals surface area contributed by atoms with E-state index >= 15 is 0 Å². The second kappa shape index (κ2) is 7.28. The van der Waals surface area contributed by atoms with Gasteiger partial charge in [-0.2, -0.15) is 0 Å². The summed E-state index contributed by atoms with van der Waals surface area (Å²) in [6, 6.07) is 5.65. The Bertz CT molecular complexity index is 474. The van der Waals surface area contributed by atoms with Crippen LogP contribution in [-0.4, -0.2) is 23.0 Å². The van der Waals surface area contributed by atoms with Gasteiger partial charge < -0.3 is 10.4 Å². The molecule has 0 saturated heterocycles. The number of hydrogen-bond donors (Lipinski definition) is 2. The number of benzene rings is 1. The molecule has 1 unspecified atom stereocenters. The lowest BCUT2D eigenvalue weighted by molar-refractivity contribution is -0.137. The van der Waals surface area contributed by atoms with Gasteiger partial charge in [0.15, 0.2) is 0 Å². The molecule has 2 N–H and O–H groups in total. The molecular weight excluding hydrogens is 310 g/mol. The molecule has 104 valence electrons. The SMILES string of the molecule is Cc1cc(CCC(=O)NC(C)CC(=O)O)ccc1Br. The minimum atomic E-state index is -0.906. The first kappa shape index (κ1) is 15.7. The fourth-order valence-corrected chi connectivity index (χ4v) is 2.03. The monoisotopic (exact) mass is 327 g/mol. The Hall–Kier alpha value is -1.36. The summed E-state index contributed by atoms with van der Waals surface area (Å²) in [6.07, 6.45) is 0.966. The van der Waals surface area contributed by atoms with E-state index in [4.69, 9.17) is 5.11 Å². The third kappa shape index (κ3) is 5.87. The van der Waals surface area contributed by atoms with E-state index in [1.807, 2.05) is 25.1 Å². The number of carbonyl (C=O) groups excluding carboxylic acids is 1. The van der Waals surface area contributed by atoms with Crippen molar-refractivity contribution in [3.8, 4) is 0 Å². The van der Waals surface area contributed by atoms with Crippen LogP contribution in [0.2, 0.25) is 0 Å². The Morgan fingerprint density at radius 1 is 1.42 bits per heavy atom. The molecule has 1 rings (SSSR count). The molecule has 4 nitrogen and oxygen atoms in total. The zero-order valence-electron chi connectivity index (χ0n) is 11.1. The third-order valence-electron chi connectivity index (χ3n) is 2.75. The summed E-state index contributed by atoms with van der Waals surface area (Å²) in [5.41, 5.74) is 2.24. The Morgan fingerprint density at radius 2 is 2.11 bits per heavy atom. The Balaban J connectivity index is 2.41. The molecule has 1 aromatic rings. The molecule has 0 aliphatic rings. The Morgan fingerprint density at radius 3 is 2.68 bits per heavy atom. The normalized spacial score (nSPS) is 11.9. The number of carboxylic acid groups (broad SMARTS) is 1. The average molecular weight is 328 g/mol. The number of carbonyl (C=O) groups is 2. The summed E-state index contributed by atoms with van der Waals surface area (Å²) in [7, 11) is 0. The van der Waals surface area contributed by atoms with E-state index in [9.17, 15) is 9.59 Å². The van der Waals surface area contributed by atoms with Crippen molar-refractivity contribution in [2.24, 2.45) is 0 Å². The van der Waals surface area contributed by atoms with Crippen LogP contribution in [0.4, 0.5) is 0 Å². The van der Waals surface area contributed by atoms with E-state index in [0.717, 1.165) is 15.6 Å². The van der Waals surface area contributed by atoms with Gasteiger partial charge >= 0.3 is 5.97 Å². The lowest BCUT2D eigenvalue weighted by Crippen LogP contribution is -2.34. The summed E-state index contributed by atoms with van der Waals surface area (Å²) in [6.45, 7) is 3.69. The molecule has 0 bridgehead atoms. The number of amides is 1. The van der Waals surface area contributed by atoms with Crippen LogP contribution in [0.15, 0.2) is 22.7 Å². The maximum atomic E-state index is 11.6. The number of aliphatic carboxylic acids is 1. The predicted octanol–water partition coefficient (Wildman–Crippen LogP) is 2.67. The largest absolute Gasteiger partial charge is 0.481 e. The van der Waals surface area contributed by atoms with E-state index in [2.05, 4.69) is 21.2 Å². The van der Waals surface area contributed by atoms with Gasteiger partial charge in [-0.05, 0) is 37.5 Å². The smallest absolute Gasteiger partial charge is 0.305 e. The first-order valence-corrected chi connectivity index (χ1v) is 6.94. The summed E-state index contributed by atoms with van der Waals surface area (Å²) in [5, 5.41) is 11.3. The highest BCUT2D eigenvalue weighted by Crippen LogP contribution is 2.17. The molecule has 0 aliphatic heterocycles. The molecule has 0 aromatic heterocycles. The van der Waals surface area contributed by atoms with E-state index in [0.29, 0.717) is 12.8 Å². The van der Waals surface area contributed by atoms with E-state index < -0.39 is 5.97 Å². The fraction of sp³-hybridized carbons (Fsp3) is 0.429. The van der Waals surface area contributed by atoms with Crippen LogP contribution in [0.25, 0.3) is 0 Å². The molecule has 0 spiro atoms. The van der Waals surface area contributed by atoms with Crippen LogP contribution in [0, 0.1) is 6.92 Å². The van der Waals surface area contributed by atoms with Gasteiger partial charge in [-0.3, -0.25) is 9.59 Å². The summed E-state index contributed by atoms with van der Waals surface area (Å²) < 4.78 is 1.05. The molecule has 0 heterocycles. The fourth-order valence-electron chi connectivity index (χ4n) is 1.78. The van der Waals surface area contributed by atoms with Gasteiger partial charge in [0.25, 0.3) is 0 Å². The number of hydrogen-bond acceptors (Lipinski definition) is 2. The van der Waals surface area contributed by atoms with Crippen molar-refractivity contribution in [3.63, 3.8) is 0 Å². The van der Waals surface area contributed by atoms with Crippen molar-refractivity contribution >= 4 is 27.8 Å². The predicted molar refractivity (Wildman–Crippen MR) is 77.1 cm³/mol. The van der Waals surface area contributed by atoms with Gasteiger partial charge in [-0.1, -0.05) is 28.1 Å². The van der Waals surface area contributed by atoms with Gasteiger partial charge in [0.1, 0.15) is 0 Å². The lowest BCUT2D eigenvalue weighted by atomic mass is 10.1. The summed E-state index contributed by atoms with van der Waals surface area (Å²) in [5.74, 6) is -1.02. The van der Waals surface area contributed by atoms with Crippen LogP contribution >= 0.6 is 15.9 Å². The summed E-state index contributed by atoms with van der Waals surface area (Å²) >= 11 is 3.43. The van der Waals surface area contributed by atoms with Crippen LogP contribution < -0.4 is 5.32 Å². The Kier molecular flexibility index (Phi) is 6.02.